The van der Waals surface area contributed by atoms with Gasteiger partial charge in [0.15, 0.2) is 0 Å². The number of nitrogens with zero attached hydrogens (tertiary/aromatic N) is 2. The van der Waals surface area contributed by atoms with Crippen LogP contribution in [0.15, 0.2) is 54.7 Å². The summed E-state index contributed by atoms with van der Waals surface area (Å²) in [4.78, 5) is 17.5. The topological polar surface area (TPSA) is 129 Å². The van der Waals surface area contributed by atoms with E-state index < -0.39 is 0 Å². The summed E-state index contributed by atoms with van der Waals surface area (Å²) in [6, 6.07) is 13.2. The number of hydrogen-bond donors (Lipinski definition) is 4. The Balaban J connectivity index is 1.57. The van der Waals surface area contributed by atoms with Crippen LogP contribution >= 0.6 is 0 Å². The van der Waals surface area contributed by atoms with Gasteiger partial charge in [-0.1, -0.05) is 30.9 Å². The number of unbranched alkanes of at least 4 members (excludes halogenated alkanes) is 3. The van der Waals surface area contributed by atoms with E-state index in [0.717, 1.165) is 44.3 Å². The number of rotatable bonds is 14. The van der Waals surface area contributed by atoms with Gasteiger partial charge < -0.3 is 30.5 Å². The molecule has 1 fully saturated rings. The van der Waals surface area contributed by atoms with Crippen molar-refractivity contribution in [2.24, 2.45) is 0 Å². The maximum absolute atomic E-state index is 13.0. The zero-order valence-electron chi connectivity index (χ0n) is 23.0. The fraction of sp³-hybridized carbons (Fsp3) is 0.344. The SMILES string of the molecule is C#Cc1cccc(Nc2c(C#N)cnc3c(NC(=O)/C=C/CNCCCCCCO)c(O[C@H]4CCOC4)ccc23)c1. The molecule has 0 saturated carbocycles. The highest BCUT2D eigenvalue weighted by atomic mass is 16.5. The highest BCUT2D eigenvalue weighted by Crippen LogP contribution is 2.38. The molecule has 2 heterocycles. The molecular weight excluding hydrogens is 518 g/mol. The number of fused-ring (bicyclic) bond motifs is 1. The van der Waals surface area contributed by atoms with Gasteiger partial charge in [-0.05, 0) is 49.7 Å². The summed E-state index contributed by atoms with van der Waals surface area (Å²) in [7, 11) is 0. The van der Waals surface area contributed by atoms with Crippen LogP contribution in [0.25, 0.3) is 10.9 Å². The van der Waals surface area contributed by atoms with Crippen molar-refractivity contribution in [3.8, 4) is 24.2 Å². The molecule has 0 spiro atoms. The van der Waals surface area contributed by atoms with Crippen LogP contribution in [0.3, 0.4) is 0 Å². The Morgan fingerprint density at radius 1 is 1.22 bits per heavy atom. The van der Waals surface area contributed by atoms with E-state index >= 15 is 0 Å². The lowest BCUT2D eigenvalue weighted by Crippen LogP contribution is -2.18. The highest BCUT2D eigenvalue weighted by Gasteiger charge is 2.22. The van der Waals surface area contributed by atoms with Gasteiger partial charge in [-0.15, -0.1) is 6.42 Å². The third-order valence-electron chi connectivity index (χ3n) is 6.64. The van der Waals surface area contributed by atoms with E-state index in [2.05, 4.69) is 32.9 Å². The minimum Gasteiger partial charge on any atom is -0.486 e. The Hall–Kier alpha value is -4.41. The lowest BCUT2D eigenvalue weighted by Gasteiger charge is -2.19. The van der Waals surface area contributed by atoms with Gasteiger partial charge in [0.05, 0.1) is 30.0 Å². The molecule has 1 saturated heterocycles. The molecule has 9 nitrogen and oxygen atoms in total. The van der Waals surface area contributed by atoms with Crippen molar-refractivity contribution in [2.75, 3.05) is 43.5 Å². The van der Waals surface area contributed by atoms with Crippen LogP contribution in [0, 0.1) is 23.7 Å². The first-order valence-electron chi connectivity index (χ1n) is 13.9. The molecule has 4 rings (SSSR count). The van der Waals surface area contributed by atoms with E-state index in [9.17, 15) is 10.1 Å². The molecule has 1 atom stereocenters. The third-order valence-corrected chi connectivity index (χ3v) is 6.64. The van der Waals surface area contributed by atoms with Crippen molar-refractivity contribution in [1.82, 2.24) is 10.3 Å². The second kappa shape index (κ2) is 15.4. The van der Waals surface area contributed by atoms with Crippen molar-refractivity contribution >= 4 is 33.9 Å². The largest absolute Gasteiger partial charge is 0.486 e. The number of nitrogens with one attached hydrogen (secondary N) is 3. The summed E-state index contributed by atoms with van der Waals surface area (Å²) in [6.45, 7) is 2.71. The Morgan fingerprint density at radius 3 is 2.88 bits per heavy atom. The number of aromatic nitrogens is 1. The maximum Gasteiger partial charge on any atom is 0.248 e. The zero-order chi connectivity index (χ0) is 28.9. The first-order chi connectivity index (χ1) is 20.1. The number of amides is 1. The van der Waals surface area contributed by atoms with Crippen LogP contribution < -0.4 is 20.7 Å². The molecule has 3 aromatic rings. The number of ether oxygens (including phenoxy) is 2. The van der Waals surface area contributed by atoms with Crippen molar-refractivity contribution in [1.29, 1.82) is 5.26 Å². The van der Waals surface area contributed by atoms with Gasteiger partial charge in [0, 0.05) is 48.5 Å². The summed E-state index contributed by atoms with van der Waals surface area (Å²) in [6.07, 6.45) is 14.8. The van der Waals surface area contributed by atoms with Crippen LogP contribution in [0.1, 0.15) is 43.2 Å². The summed E-state index contributed by atoms with van der Waals surface area (Å²) < 4.78 is 11.7. The second-order valence-electron chi connectivity index (χ2n) is 9.68. The molecule has 0 unspecified atom stereocenters. The molecule has 2 aromatic carbocycles. The minimum absolute atomic E-state index is 0.136. The lowest BCUT2D eigenvalue weighted by molar-refractivity contribution is -0.111. The minimum atomic E-state index is -0.322. The summed E-state index contributed by atoms with van der Waals surface area (Å²) in [5, 5.41) is 28.9. The number of nitriles is 1. The standard InChI is InChI=1S/C32H35N5O4/c1-2-23-9-7-10-25(19-23)36-30-24(20-33)21-35-31-27(30)12-13-28(41-26-14-18-40-22-26)32(31)37-29(39)11-8-16-34-15-5-3-4-6-17-38/h1,7-13,19,21,26,34,38H,3-6,14-18,22H2,(H,35,36)(H,37,39)/b11-8+/t26-/m0/s1. The van der Waals surface area contributed by atoms with Crippen molar-refractivity contribution < 1.29 is 19.4 Å². The number of aliphatic hydroxyl groups excluding tert-OH is 1. The zero-order valence-corrected chi connectivity index (χ0v) is 23.0. The fourth-order valence-electron chi connectivity index (χ4n) is 4.53. The van der Waals surface area contributed by atoms with Gasteiger partial charge in [-0.2, -0.15) is 5.26 Å². The van der Waals surface area contributed by atoms with Gasteiger partial charge in [0.1, 0.15) is 23.6 Å². The molecule has 4 N–H and O–H groups in total. The molecule has 1 aliphatic heterocycles. The van der Waals surface area contributed by atoms with E-state index in [-0.39, 0.29) is 18.6 Å². The number of aliphatic hydroxyl groups is 1. The molecule has 1 aliphatic rings. The smallest absolute Gasteiger partial charge is 0.248 e. The molecule has 41 heavy (non-hydrogen) atoms. The van der Waals surface area contributed by atoms with Crippen molar-refractivity contribution in [3.05, 3.63) is 65.9 Å². The quantitative estimate of drug-likeness (QED) is 0.129. The molecule has 0 radical (unpaired) electrons. The van der Waals surface area contributed by atoms with E-state index in [1.165, 1.54) is 12.3 Å². The third kappa shape index (κ3) is 8.29. The summed E-state index contributed by atoms with van der Waals surface area (Å²) in [5.41, 5.74) is 3.24. The molecule has 1 amide bonds. The number of carbonyl (C=O) groups excluding carboxylic acids is 1. The molecule has 0 aliphatic carbocycles. The van der Waals surface area contributed by atoms with Crippen LogP contribution in [0.2, 0.25) is 0 Å². The normalized spacial score (nSPS) is 14.6. The average molecular weight is 554 g/mol. The van der Waals surface area contributed by atoms with Gasteiger partial charge in [0.2, 0.25) is 5.91 Å². The van der Waals surface area contributed by atoms with Crippen LogP contribution in [0.5, 0.6) is 5.75 Å². The molecule has 0 bridgehead atoms. The maximum atomic E-state index is 13.0. The molecule has 9 heteroatoms. The van der Waals surface area contributed by atoms with Crippen molar-refractivity contribution in [3.63, 3.8) is 0 Å². The number of anilines is 3. The number of terminal acetylenes is 1. The Labute approximate surface area is 240 Å². The van der Waals surface area contributed by atoms with Gasteiger partial charge in [0.25, 0.3) is 0 Å². The fourth-order valence-corrected chi connectivity index (χ4v) is 4.53. The monoisotopic (exact) mass is 553 g/mol. The van der Waals surface area contributed by atoms with Crippen molar-refractivity contribution in [2.45, 2.75) is 38.2 Å². The summed E-state index contributed by atoms with van der Waals surface area (Å²) in [5.74, 6) is 2.78. The van der Waals surface area contributed by atoms with Crippen LogP contribution in [-0.2, 0) is 9.53 Å². The number of pyridine rings is 1. The van der Waals surface area contributed by atoms with Crippen LogP contribution in [-0.4, -0.2) is 55.0 Å². The summed E-state index contributed by atoms with van der Waals surface area (Å²) >= 11 is 0. The second-order valence-corrected chi connectivity index (χ2v) is 9.68. The van der Waals surface area contributed by atoms with E-state index in [4.69, 9.17) is 21.0 Å². The van der Waals surface area contributed by atoms with E-state index in [1.807, 2.05) is 30.3 Å². The van der Waals surface area contributed by atoms with E-state index in [1.54, 1.807) is 12.1 Å². The first kappa shape index (κ1) is 29.6. The predicted octanol–water partition coefficient (Wildman–Crippen LogP) is 4.64. The Morgan fingerprint density at radius 2 is 2.10 bits per heavy atom. The number of benzene rings is 2. The number of hydrogen-bond acceptors (Lipinski definition) is 8. The Kier molecular flexibility index (Phi) is 11.1. The first-order valence-corrected chi connectivity index (χ1v) is 13.9. The number of carbonyl (C=O) groups is 1. The van der Waals surface area contributed by atoms with Gasteiger partial charge in [-0.3, -0.25) is 9.78 Å². The Bertz CT molecular complexity index is 1450. The van der Waals surface area contributed by atoms with Gasteiger partial charge >= 0.3 is 0 Å². The van der Waals surface area contributed by atoms with Gasteiger partial charge in [-0.25, -0.2) is 0 Å². The molecular formula is C32H35N5O4. The van der Waals surface area contributed by atoms with E-state index in [0.29, 0.717) is 58.9 Å². The van der Waals surface area contributed by atoms with Crippen LogP contribution in [0.4, 0.5) is 17.1 Å². The predicted molar refractivity (Wildman–Crippen MR) is 160 cm³/mol. The molecule has 1 aromatic heterocycles. The molecule has 212 valence electrons. The average Bonchev–Trinajstić information content (AvgIpc) is 3.51. The lowest BCUT2D eigenvalue weighted by atomic mass is 10.1. The highest BCUT2D eigenvalue weighted by molar-refractivity contribution is 6.10.